The Labute approximate surface area is 160 Å². The average molecular weight is 371 g/mol. The second-order valence-electron chi connectivity index (χ2n) is 7.75. The molecule has 27 heavy (non-hydrogen) atoms. The van der Waals surface area contributed by atoms with Crippen molar-refractivity contribution in [3.05, 3.63) is 35.0 Å². The Balaban J connectivity index is 2.06. The van der Waals surface area contributed by atoms with Gasteiger partial charge in [-0.3, -0.25) is 9.59 Å². The van der Waals surface area contributed by atoms with Crippen molar-refractivity contribution in [3.8, 4) is 0 Å². The van der Waals surface area contributed by atoms with Crippen LogP contribution in [0.25, 0.3) is 10.9 Å². The lowest BCUT2D eigenvalue weighted by atomic mass is 10.0. The first kappa shape index (κ1) is 19.4. The van der Waals surface area contributed by atoms with E-state index >= 15 is 0 Å². The zero-order valence-corrected chi connectivity index (χ0v) is 16.9. The monoisotopic (exact) mass is 371 g/mol. The van der Waals surface area contributed by atoms with Crippen molar-refractivity contribution in [2.24, 2.45) is 5.92 Å². The van der Waals surface area contributed by atoms with Crippen molar-refractivity contribution in [2.45, 2.75) is 32.9 Å². The molecule has 6 nitrogen and oxygen atoms in total. The molecule has 0 aliphatic carbocycles. The molecule has 1 aromatic carbocycles. The molecule has 1 unspecified atom stereocenters. The largest absolute Gasteiger partial charge is 0.469 e. The van der Waals surface area contributed by atoms with Gasteiger partial charge in [0.1, 0.15) is 0 Å². The van der Waals surface area contributed by atoms with Crippen LogP contribution < -0.4 is 0 Å². The van der Waals surface area contributed by atoms with Gasteiger partial charge in [-0.2, -0.15) is 0 Å². The zero-order chi connectivity index (χ0) is 19.7. The average Bonchev–Trinajstić information content (AvgIpc) is 2.92. The number of hydrogen-bond donors (Lipinski definition) is 0. The van der Waals surface area contributed by atoms with E-state index in [1.54, 1.807) is 19.0 Å². The Morgan fingerprint density at radius 3 is 2.70 bits per heavy atom. The number of aryl methyl sites for hydroxylation is 1. The number of fused-ring (bicyclic) bond motifs is 3. The van der Waals surface area contributed by atoms with E-state index in [1.165, 1.54) is 29.3 Å². The number of rotatable bonds is 5. The lowest BCUT2D eigenvalue weighted by molar-refractivity contribution is -0.146. The van der Waals surface area contributed by atoms with Gasteiger partial charge >= 0.3 is 5.97 Å². The third kappa shape index (κ3) is 3.86. The maximum atomic E-state index is 12.7. The van der Waals surface area contributed by atoms with Crippen LogP contribution in [0.2, 0.25) is 0 Å². The van der Waals surface area contributed by atoms with E-state index in [0.717, 1.165) is 25.0 Å². The highest BCUT2D eigenvalue weighted by molar-refractivity contribution is 5.87. The Morgan fingerprint density at radius 1 is 1.30 bits per heavy atom. The molecule has 2 heterocycles. The molecule has 0 spiro atoms. The van der Waals surface area contributed by atoms with Gasteiger partial charge in [0.05, 0.1) is 19.4 Å². The summed E-state index contributed by atoms with van der Waals surface area (Å²) in [6.45, 7) is 4.49. The van der Waals surface area contributed by atoms with Gasteiger partial charge in [0.2, 0.25) is 5.91 Å². The highest BCUT2D eigenvalue weighted by Crippen LogP contribution is 2.32. The minimum absolute atomic E-state index is 0.0453. The molecule has 2 aromatic rings. The van der Waals surface area contributed by atoms with Crippen molar-refractivity contribution in [2.75, 3.05) is 34.8 Å². The van der Waals surface area contributed by atoms with Gasteiger partial charge in [-0.15, -0.1) is 0 Å². The van der Waals surface area contributed by atoms with E-state index in [0.29, 0.717) is 6.54 Å². The topological polar surface area (TPSA) is 54.8 Å². The first-order valence-electron chi connectivity index (χ1n) is 9.39. The van der Waals surface area contributed by atoms with Crippen molar-refractivity contribution in [1.82, 2.24) is 14.4 Å². The molecule has 1 aliphatic rings. The third-order valence-electron chi connectivity index (χ3n) is 5.43. The Bertz CT molecular complexity index is 869. The number of esters is 1. The molecular formula is C21H29N3O3. The van der Waals surface area contributed by atoms with E-state index in [4.69, 9.17) is 4.74 Å². The van der Waals surface area contributed by atoms with E-state index in [2.05, 4.69) is 41.6 Å². The van der Waals surface area contributed by atoms with Crippen LogP contribution in [0.15, 0.2) is 18.2 Å². The van der Waals surface area contributed by atoms with Gasteiger partial charge in [0.15, 0.2) is 0 Å². The number of carbonyl (C=O) groups is 2. The minimum atomic E-state index is -0.437. The van der Waals surface area contributed by atoms with E-state index in [1.807, 2.05) is 0 Å². The number of ether oxygens (including phenoxy) is 1. The fourth-order valence-corrected chi connectivity index (χ4v) is 4.01. The van der Waals surface area contributed by atoms with Gasteiger partial charge in [-0.05, 0) is 31.7 Å². The Kier molecular flexibility index (Phi) is 5.56. The van der Waals surface area contributed by atoms with Gasteiger partial charge < -0.3 is 19.1 Å². The molecule has 0 bridgehead atoms. The summed E-state index contributed by atoms with van der Waals surface area (Å²) in [4.78, 5) is 28.5. The molecule has 1 aromatic heterocycles. The van der Waals surface area contributed by atoms with Crippen molar-refractivity contribution < 1.29 is 14.3 Å². The first-order chi connectivity index (χ1) is 12.8. The lowest BCUT2D eigenvalue weighted by Crippen LogP contribution is -2.35. The number of carbonyl (C=O) groups excluding carboxylic acids is 2. The van der Waals surface area contributed by atoms with Crippen LogP contribution in [0.5, 0.6) is 0 Å². The maximum absolute atomic E-state index is 12.7. The highest BCUT2D eigenvalue weighted by Gasteiger charge is 2.28. The molecule has 3 rings (SSSR count). The molecule has 0 fully saturated rings. The smallest absolute Gasteiger partial charge is 0.306 e. The summed E-state index contributed by atoms with van der Waals surface area (Å²) in [7, 11) is 6.96. The van der Waals surface area contributed by atoms with E-state index in [-0.39, 0.29) is 18.3 Å². The SMILES string of the molecule is COC(=O)CC(Cn1c2c(c3cc(C)ccc31)CN(C)CC2)C(=O)N(C)C. The van der Waals surface area contributed by atoms with Gasteiger partial charge in [-0.25, -0.2) is 0 Å². The minimum Gasteiger partial charge on any atom is -0.469 e. The number of nitrogens with zero attached hydrogens (tertiary/aromatic N) is 3. The second-order valence-corrected chi connectivity index (χ2v) is 7.75. The lowest BCUT2D eigenvalue weighted by Gasteiger charge is -2.26. The maximum Gasteiger partial charge on any atom is 0.306 e. The summed E-state index contributed by atoms with van der Waals surface area (Å²) in [6.07, 6.45) is 1.04. The van der Waals surface area contributed by atoms with Crippen LogP contribution in [0.1, 0.15) is 23.2 Å². The number of likely N-dealkylation sites (N-methyl/N-ethyl adjacent to an activating group) is 1. The van der Waals surface area contributed by atoms with Gasteiger partial charge in [-0.1, -0.05) is 11.6 Å². The van der Waals surface area contributed by atoms with Crippen LogP contribution in [-0.4, -0.2) is 61.0 Å². The normalized spacial score (nSPS) is 15.4. The highest BCUT2D eigenvalue weighted by atomic mass is 16.5. The predicted octanol–water partition coefficient (Wildman–Crippen LogP) is 2.21. The first-order valence-corrected chi connectivity index (χ1v) is 9.39. The van der Waals surface area contributed by atoms with E-state index < -0.39 is 5.92 Å². The third-order valence-corrected chi connectivity index (χ3v) is 5.43. The predicted molar refractivity (Wildman–Crippen MR) is 106 cm³/mol. The molecule has 6 heteroatoms. The quantitative estimate of drug-likeness (QED) is 0.756. The molecular weight excluding hydrogens is 342 g/mol. The van der Waals surface area contributed by atoms with Crippen LogP contribution in [0, 0.1) is 12.8 Å². The summed E-state index contributed by atoms with van der Waals surface area (Å²) in [5, 5.41) is 1.26. The molecule has 0 radical (unpaired) electrons. The summed E-state index contributed by atoms with van der Waals surface area (Å²) >= 11 is 0. The molecule has 0 N–H and O–H groups in total. The van der Waals surface area contributed by atoms with Gasteiger partial charge in [0.25, 0.3) is 0 Å². The fraction of sp³-hybridized carbons (Fsp3) is 0.524. The Morgan fingerprint density at radius 2 is 2.04 bits per heavy atom. The molecule has 1 amide bonds. The van der Waals surface area contributed by atoms with Crippen LogP contribution in [0.3, 0.4) is 0 Å². The van der Waals surface area contributed by atoms with Crippen LogP contribution in [0.4, 0.5) is 0 Å². The summed E-state index contributed by atoms with van der Waals surface area (Å²) in [5.41, 5.74) is 5.00. The summed E-state index contributed by atoms with van der Waals surface area (Å²) < 4.78 is 7.09. The van der Waals surface area contributed by atoms with Crippen LogP contribution >= 0.6 is 0 Å². The summed E-state index contributed by atoms with van der Waals surface area (Å²) in [5.74, 6) is -0.833. The molecule has 146 valence electrons. The zero-order valence-electron chi connectivity index (χ0n) is 16.9. The molecule has 0 saturated heterocycles. The van der Waals surface area contributed by atoms with Crippen molar-refractivity contribution >= 4 is 22.8 Å². The van der Waals surface area contributed by atoms with E-state index in [9.17, 15) is 9.59 Å². The van der Waals surface area contributed by atoms with Crippen molar-refractivity contribution in [3.63, 3.8) is 0 Å². The summed E-state index contributed by atoms with van der Waals surface area (Å²) in [6, 6.07) is 6.47. The standard InChI is InChI=1S/C21H29N3O3/c1-14-6-7-18-16(10-14)17-13-23(4)9-8-19(17)24(18)12-15(11-20(25)27-5)21(26)22(2)3/h6-7,10,15H,8-9,11-13H2,1-5H3. The fourth-order valence-electron chi connectivity index (χ4n) is 4.01. The number of aromatic nitrogens is 1. The second kappa shape index (κ2) is 7.72. The number of hydrogen-bond acceptors (Lipinski definition) is 4. The number of benzene rings is 1. The Hall–Kier alpha value is -2.34. The van der Waals surface area contributed by atoms with Crippen LogP contribution in [-0.2, 0) is 33.8 Å². The van der Waals surface area contributed by atoms with Crippen molar-refractivity contribution in [1.29, 1.82) is 0 Å². The molecule has 0 saturated carbocycles. The number of amides is 1. The molecule has 1 atom stereocenters. The molecule has 1 aliphatic heterocycles. The van der Waals surface area contributed by atoms with Gasteiger partial charge in [0, 0.05) is 56.7 Å². The number of methoxy groups -OCH3 is 1.